The SMILES string of the molecule is Cc1ncc(S(=O)(=O)NC2(C#N)CCCC2)s1. The summed E-state index contributed by atoms with van der Waals surface area (Å²) in [7, 11) is -3.61. The van der Waals surface area contributed by atoms with Crippen LogP contribution in [0.5, 0.6) is 0 Å². The fourth-order valence-electron chi connectivity index (χ4n) is 1.99. The molecule has 0 unspecified atom stereocenters. The number of nitriles is 1. The van der Waals surface area contributed by atoms with Crippen molar-refractivity contribution < 1.29 is 8.42 Å². The van der Waals surface area contributed by atoms with Crippen LogP contribution >= 0.6 is 11.3 Å². The Bertz CT molecular complexity index is 550. The lowest BCUT2D eigenvalue weighted by atomic mass is 10.0. The number of thiazole rings is 1. The van der Waals surface area contributed by atoms with E-state index in [0.29, 0.717) is 17.8 Å². The van der Waals surface area contributed by atoms with Gasteiger partial charge in [-0.25, -0.2) is 13.4 Å². The summed E-state index contributed by atoms with van der Waals surface area (Å²) < 4.78 is 26.9. The number of hydrogen-bond acceptors (Lipinski definition) is 5. The van der Waals surface area contributed by atoms with E-state index >= 15 is 0 Å². The molecule has 0 bridgehead atoms. The molecule has 0 aliphatic heterocycles. The normalized spacial score (nSPS) is 19.1. The van der Waals surface area contributed by atoms with Crippen LogP contribution in [0.25, 0.3) is 0 Å². The van der Waals surface area contributed by atoms with E-state index < -0.39 is 15.6 Å². The molecule has 1 aromatic rings. The Morgan fingerprint density at radius 3 is 2.65 bits per heavy atom. The van der Waals surface area contributed by atoms with Crippen molar-refractivity contribution in [2.75, 3.05) is 0 Å². The third-order valence-electron chi connectivity index (χ3n) is 2.87. The topological polar surface area (TPSA) is 82.8 Å². The molecule has 92 valence electrons. The number of nitrogens with zero attached hydrogens (tertiary/aromatic N) is 2. The Labute approximate surface area is 105 Å². The van der Waals surface area contributed by atoms with Crippen LogP contribution in [-0.4, -0.2) is 18.9 Å². The molecular weight excluding hydrogens is 258 g/mol. The van der Waals surface area contributed by atoms with E-state index in [2.05, 4.69) is 15.8 Å². The molecule has 1 fully saturated rings. The summed E-state index contributed by atoms with van der Waals surface area (Å²) >= 11 is 1.12. The highest BCUT2D eigenvalue weighted by atomic mass is 32.2. The Kier molecular flexibility index (Phi) is 3.21. The predicted molar refractivity (Wildman–Crippen MR) is 64.0 cm³/mol. The quantitative estimate of drug-likeness (QED) is 0.904. The zero-order valence-electron chi connectivity index (χ0n) is 9.43. The van der Waals surface area contributed by atoms with E-state index in [1.165, 1.54) is 6.20 Å². The van der Waals surface area contributed by atoms with Gasteiger partial charge in [0.25, 0.3) is 10.0 Å². The van der Waals surface area contributed by atoms with E-state index in [1.54, 1.807) is 6.92 Å². The summed E-state index contributed by atoms with van der Waals surface area (Å²) in [5.74, 6) is 0. The second-order valence-corrected chi connectivity index (χ2v) is 7.35. The van der Waals surface area contributed by atoms with Crippen LogP contribution in [0.3, 0.4) is 0 Å². The van der Waals surface area contributed by atoms with Gasteiger partial charge in [-0.05, 0) is 19.8 Å². The van der Waals surface area contributed by atoms with Gasteiger partial charge < -0.3 is 0 Å². The molecule has 1 aliphatic rings. The monoisotopic (exact) mass is 271 g/mol. The molecule has 0 amide bonds. The second-order valence-electron chi connectivity index (χ2n) is 4.20. The number of hydrogen-bond donors (Lipinski definition) is 1. The second kappa shape index (κ2) is 4.37. The maximum atomic E-state index is 12.1. The van der Waals surface area contributed by atoms with Gasteiger partial charge in [0.1, 0.15) is 5.54 Å². The summed E-state index contributed by atoms with van der Waals surface area (Å²) in [5.41, 5.74) is -0.920. The minimum atomic E-state index is -3.61. The maximum Gasteiger partial charge on any atom is 0.253 e. The largest absolute Gasteiger partial charge is 0.253 e. The summed E-state index contributed by atoms with van der Waals surface area (Å²) in [6.07, 6.45) is 4.28. The standard InChI is InChI=1S/C10H13N3O2S2/c1-8-12-6-9(16-8)17(14,15)13-10(7-11)4-2-3-5-10/h6,13H,2-5H2,1H3. The molecule has 0 saturated heterocycles. The van der Waals surface area contributed by atoms with Gasteiger partial charge in [0, 0.05) is 0 Å². The van der Waals surface area contributed by atoms with E-state index in [-0.39, 0.29) is 4.21 Å². The third-order valence-corrected chi connectivity index (χ3v) is 5.78. The smallest absolute Gasteiger partial charge is 0.249 e. The molecule has 0 atom stereocenters. The van der Waals surface area contributed by atoms with Crippen LogP contribution in [-0.2, 0) is 10.0 Å². The van der Waals surface area contributed by atoms with Gasteiger partial charge >= 0.3 is 0 Å². The van der Waals surface area contributed by atoms with Crippen molar-refractivity contribution in [1.82, 2.24) is 9.71 Å². The van der Waals surface area contributed by atoms with Crippen molar-refractivity contribution in [2.45, 2.75) is 42.4 Å². The van der Waals surface area contributed by atoms with E-state index in [0.717, 1.165) is 24.2 Å². The zero-order chi connectivity index (χ0) is 12.5. The molecule has 7 heteroatoms. The van der Waals surface area contributed by atoms with Crippen LogP contribution in [0, 0.1) is 18.3 Å². The number of aromatic nitrogens is 1. The summed E-state index contributed by atoms with van der Waals surface area (Å²) in [6.45, 7) is 1.75. The molecule has 1 heterocycles. The number of sulfonamides is 1. The Hall–Kier alpha value is -0.970. The lowest BCUT2D eigenvalue weighted by Crippen LogP contribution is -2.44. The van der Waals surface area contributed by atoms with E-state index in [4.69, 9.17) is 5.26 Å². The molecule has 1 N–H and O–H groups in total. The Morgan fingerprint density at radius 1 is 1.53 bits per heavy atom. The highest BCUT2D eigenvalue weighted by Crippen LogP contribution is 2.31. The van der Waals surface area contributed by atoms with Gasteiger partial charge in [0.2, 0.25) is 0 Å². The van der Waals surface area contributed by atoms with Crippen LogP contribution in [0.15, 0.2) is 10.4 Å². The first kappa shape index (κ1) is 12.5. The highest BCUT2D eigenvalue weighted by Gasteiger charge is 2.38. The van der Waals surface area contributed by atoms with Gasteiger partial charge in [-0.3, -0.25) is 0 Å². The Balaban J connectivity index is 2.26. The molecule has 2 rings (SSSR count). The number of aryl methyl sites for hydroxylation is 1. The number of rotatable bonds is 3. The van der Waals surface area contributed by atoms with Gasteiger partial charge in [-0.1, -0.05) is 12.8 Å². The zero-order valence-corrected chi connectivity index (χ0v) is 11.1. The first-order valence-corrected chi connectivity index (χ1v) is 7.65. The maximum absolute atomic E-state index is 12.1. The first-order chi connectivity index (χ1) is 7.97. The Morgan fingerprint density at radius 2 is 2.18 bits per heavy atom. The average molecular weight is 271 g/mol. The molecule has 0 radical (unpaired) electrons. The summed E-state index contributed by atoms with van der Waals surface area (Å²) in [5, 5.41) is 9.84. The van der Waals surface area contributed by atoms with Crippen molar-refractivity contribution in [3.63, 3.8) is 0 Å². The molecular formula is C10H13N3O2S2. The van der Waals surface area contributed by atoms with E-state index in [1.807, 2.05) is 0 Å². The van der Waals surface area contributed by atoms with Gasteiger partial charge in [0.05, 0.1) is 17.3 Å². The minimum absolute atomic E-state index is 0.177. The molecule has 1 saturated carbocycles. The third kappa shape index (κ3) is 2.49. The van der Waals surface area contributed by atoms with Gasteiger partial charge in [0.15, 0.2) is 4.21 Å². The lowest BCUT2D eigenvalue weighted by molar-refractivity contribution is 0.486. The summed E-state index contributed by atoms with van der Waals surface area (Å²) in [6, 6.07) is 2.10. The fourth-order valence-corrected chi connectivity index (χ4v) is 4.47. The van der Waals surface area contributed by atoms with Crippen molar-refractivity contribution >= 4 is 21.4 Å². The molecule has 1 aliphatic carbocycles. The van der Waals surface area contributed by atoms with Crippen LogP contribution in [0.4, 0.5) is 0 Å². The lowest BCUT2D eigenvalue weighted by Gasteiger charge is -2.20. The molecule has 1 aromatic heterocycles. The van der Waals surface area contributed by atoms with Crippen molar-refractivity contribution in [1.29, 1.82) is 5.26 Å². The highest BCUT2D eigenvalue weighted by molar-refractivity contribution is 7.91. The van der Waals surface area contributed by atoms with Crippen LogP contribution in [0.1, 0.15) is 30.7 Å². The van der Waals surface area contributed by atoms with Gasteiger partial charge in [-0.15, -0.1) is 11.3 Å². The molecule has 17 heavy (non-hydrogen) atoms. The van der Waals surface area contributed by atoms with Crippen molar-refractivity contribution in [3.05, 3.63) is 11.2 Å². The van der Waals surface area contributed by atoms with Crippen LogP contribution < -0.4 is 4.72 Å². The fraction of sp³-hybridized carbons (Fsp3) is 0.600. The molecule has 5 nitrogen and oxygen atoms in total. The van der Waals surface area contributed by atoms with Crippen molar-refractivity contribution in [2.24, 2.45) is 0 Å². The minimum Gasteiger partial charge on any atom is -0.249 e. The van der Waals surface area contributed by atoms with Crippen LogP contribution in [0.2, 0.25) is 0 Å². The molecule has 0 spiro atoms. The number of nitrogens with one attached hydrogen (secondary N) is 1. The van der Waals surface area contributed by atoms with E-state index in [9.17, 15) is 8.42 Å². The first-order valence-electron chi connectivity index (χ1n) is 5.35. The predicted octanol–water partition coefficient (Wildman–Crippen LogP) is 1.57. The van der Waals surface area contributed by atoms with Crippen molar-refractivity contribution in [3.8, 4) is 6.07 Å². The molecule has 0 aromatic carbocycles. The van der Waals surface area contributed by atoms with Gasteiger partial charge in [-0.2, -0.15) is 9.98 Å². The summed E-state index contributed by atoms with van der Waals surface area (Å²) in [4.78, 5) is 3.92. The average Bonchev–Trinajstić information content (AvgIpc) is 2.87.